The van der Waals surface area contributed by atoms with Crippen molar-refractivity contribution in [3.05, 3.63) is 40.6 Å². The number of aromatic nitrogens is 2. The van der Waals surface area contributed by atoms with Crippen LogP contribution in [0.2, 0.25) is 0 Å². The standard InChI is InChI=1S/C22H31N5O2S/c1-16-13-18(3)20(14-17(16)2)30(28,29)27-11-9-26(10-12-27)22-23-19(4)15-21(24-22)25-7-5-6-8-25/h13-15H,5-12H2,1-4H3. The second-order valence-electron chi connectivity index (χ2n) is 8.45. The van der Waals surface area contributed by atoms with Crippen LogP contribution in [-0.2, 0) is 10.0 Å². The van der Waals surface area contributed by atoms with Crippen molar-refractivity contribution in [2.75, 3.05) is 49.1 Å². The maximum Gasteiger partial charge on any atom is 0.243 e. The molecular weight excluding hydrogens is 398 g/mol. The number of piperazine rings is 1. The van der Waals surface area contributed by atoms with Crippen molar-refractivity contribution in [2.24, 2.45) is 0 Å². The average molecular weight is 430 g/mol. The largest absolute Gasteiger partial charge is 0.356 e. The molecule has 2 saturated heterocycles. The molecule has 0 N–H and O–H groups in total. The highest BCUT2D eigenvalue weighted by Crippen LogP contribution is 2.26. The molecule has 0 aliphatic carbocycles. The summed E-state index contributed by atoms with van der Waals surface area (Å²) < 4.78 is 28.1. The third-order valence-electron chi connectivity index (χ3n) is 6.19. The van der Waals surface area contributed by atoms with Crippen LogP contribution in [0.5, 0.6) is 0 Å². The Morgan fingerprint density at radius 1 is 0.733 bits per heavy atom. The smallest absolute Gasteiger partial charge is 0.243 e. The van der Waals surface area contributed by atoms with Crippen molar-refractivity contribution >= 4 is 21.8 Å². The molecule has 0 atom stereocenters. The zero-order valence-electron chi connectivity index (χ0n) is 18.3. The second-order valence-corrected chi connectivity index (χ2v) is 10.4. The Kier molecular flexibility index (Phi) is 5.72. The molecule has 0 spiro atoms. The molecule has 3 heterocycles. The van der Waals surface area contributed by atoms with Crippen LogP contribution < -0.4 is 9.80 Å². The van der Waals surface area contributed by atoms with E-state index in [1.54, 1.807) is 10.4 Å². The monoisotopic (exact) mass is 429 g/mol. The van der Waals surface area contributed by atoms with Gasteiger partial charge in [0, 0.05) is 51.0 Å². The molecule has 4 rings (SSSR count). The van der Waals surface area contributed by atoms with E-state index < -0.39 is 10.0 Å². The number of sulfonamides is 1. The first-order valence-corrected chi connectivity index (χ1v) is 12.1. The lowest BCUT2D eigenvalue weighted by atomic mass is 10.1. The molecule has 0 unspecified atom stereocenters. The van der Waals surface area contributed by atoms with Gasteiger partial charge >= 0.3 is 0 Å². The van der Waals surface area contributed by atoms with E-state index in [2.05, 4.69) is 14.8 Å². The summed E-state index contributed by atoms with van der Waals surface area (Å²) in [6.07, 6.45) is 2.40. The number of rotatable bonds is 4. The van der Waals surface area contributed by atoms with Crippen LogP contribution in [0.4, 0.5) is 11.8 Å². The lowest BCUT2D eigenvalue weighted by Crippen LogP contribution is -2.49. The molecule has 0 amide bonds. The van der Waals surface area contributed by atoms with Crippen molar-refractivity contribution < 1.29 is 8.42 Å². The van der Waals surface area contributed by atoms with Gasteiger partial charge < -0.3 is 9.80 Å². The van der Waals surface area contributed by atoms with Gasteiger partial charge in [-0.15, -0.1) is 0 Å². The number of nitrogens with zero attached hydrogens (tertiary/aromatic N) is 5. The Hall–Kier alpha value is -2.19. The summed E-state index contributed by atoms with van der Waals surface area (Å²) in [7, 11) is -3.51. The van der Waals surface area contributed by atoms with Gasteiger partial charge in [-0.3, -0.25) is 0 Å². The number of aryl methyl sites for hydroxylation is 4. The van der Waals surface area contributed by atoms with E-state index in [0.717, 1.165) is 41.3 Å². The maximum atomic E-state index is 13.3. The predicted octanol–water partition coefficient (Wildman–Crippen LogP) is 2.82. The maximum absolute atomic E-state index is 13.3. The second kappa shape index (κ2) is 8.15. The number of hydrogen-bond donors (Lipinski definition) is 0. The van der Waals surface area contributed by atoms with Gasteiger partial charge in [-0.2, -0.15) is 9.29 Å². The fourth-order valence-electron chi connectivity index (χ4n) is 4.27. The molecule has 2 aromatic rings. The number of hydrogen-bond acceptors (Lipinski definition) is 6. The molecule has 2 aliphatic heterocycles. The van der Waals surface area contributed by atoms with Crippen molar-refractivity contribution in [3.8, 4) is 0 Å². The van der Waals surface area contributed by atoms with Crippen LogP contribution in [0.1, 0.15) is 35.2 Å². The quantitative estimate of drug-likeness (QED) is 0.744. The molecule has 2 aliphatic rings. The molecule has 0 radical (unpaired) electrons. The SMILES string of the molecule is Cc1cc(N2CCCC2)nc(N2CCN(S(=O)(=O)c3cc(C)c(C)cc3C)CC2)n1. The summed E-state index contributed by atoms with van der Waals surface area (Å²) >= 11 is 0. The summed E-state index contributed by atoms with van der Waals surface area (Å²) in [6.45, 7) is 12.0. The Morgan fingerprint density at radius 2 is 1.37 bits per heavy atom. The molecule has 2 fully saturated rings. The van der Waals surface area contributed by atoms with Crippen LogP contribution in [0.15, 0.2) is 23.1 Å². The minimum atomic E-state index is -3.51. The van der Waals surface area contributed by atoms with Gasteiger partial charge in [-0.1, -0.05) is 6.07 Å². The summed E-state index contributed by atoms with van der Waals surface area (Å²) in [5.41, 5.74) is 3.86. The number of benzene rings is 1. The highest BCUT2D eigenvalue weighted by molar-refractivity contribution is 7.89. The van der Waals surface area contributed by atoms with E-state index in [-0.39, 0.29) is 0 Å². The van der Waals surface area contributed by atoms with Gasteiger partial charge in [-0.25, -0.2) is 13.4 Å². The first-order valence-electron chi connectivity index (χ1n) is 10.7. The van der Waals surface area contributed by atoms with Gasteiger partial charge in [0.2, 0.25) is 16.0 Å². The van der Waals surface area contributed by atoms with Crippen molar-refractivity contribution in [2.45, 2.75) is 45.4 Å². The lowest BCUT2D eigenvalue weighted by Gasteiger charge is -2.34. The minimum Gasteiger partial charge on any atom is -0.356 e. The van der Waals surface area contributed by atoms with Gasteiger partial charge in [-0.05, 0) is 63.3 Å². The van der Waals surface area contributed by atoms with E-state index >= 15 is 0 Å². The van der Waals surface area contributed by atoms with Crippen molar-refractivity contribution in [1.29, 1.82) is 0 Å². The fourth-order valence-corrected chi connectivity index (χ4v) is 5.98. The molecule has 7 nitrogen and oxygen atoms in total. The average Bonchev–Trinajstić information content (AvgIpc) is 3.25. The highest BCUT2D eigenvalue weighted by atomic mass is 32.2. The van der Waals surface area contributed by atoms with Crippen LogP contribution in [0.25, 0.3) is 0 Å². The molecule has 0 bridgehead atoms. The minimum absolute atomic E-state index is 0.419. The van der Waals surface area contributed by atoms with Crippen LogP contribution in [0, 0.1) is 27.7 Å². The molecule has 0 saturated carbocycles. The van der Waals surface area contributed by atoms with E-state index in [4.69, 9.17) is 4.98 Å². The van der Waals surface area contributed by atoms with E-state index in [9.17, 15) is 8.42 Å². The summed E-state index contributed by atoms with van der Waals surface area (Å²) in [4.78, 5) is 14.3. The van der Waals surface area contributed by atoms with Crippen LogP contribution in [0.3, 0.4) is 0 Å². The predicted molar refractivity (Wildman–Crippen MR) is 120 cm³/mol. The van der Waals surface area contributed by atoms with Crippen LogP contribution in [-0.4, -0.2) is 62.0 Å². The summed E-state index contributed by atoms with van der Waals surface area (Å²) in [6, 6.07) is 5.80. The Balaban J connectivity index is 1.51. The van der Waals surface area contributed by atoms with Crippen LogP contribution >= 0.6 is 0 Å². The van der Waals surface area contributed by atoms with E-state index in [0.29, 0.717) is 37.0 Å². The molecule has 162 valence electrons. The summed E-state index contributed by atoms with van der Waals surface area (Å²) in [5, 5.41) is 0. The topological polar surface area (TPSA) is 69.6 Å². The number of anilines is 2. The first-order chi connectivity index (χ1) is 14.3. The van der Waals surface area contributed by atoms with Crippen molar-refractivity contribution in [3.63, 3.8) is 0 Å². The van der Waals surface area contributed by atoms with Crippen molar-refractivity contribution in [1.82, 2.24) is 14.3 Å². The normalized spacial score (nSPS) is 18.3. The Morgan fingerprint density at radius 3 is 2.03 bits per heavy atom. The molecule has 8 heteroatoms. The molecule has 1 aromatic heterocycles. The Bertz CT molecular complexity index is 1040. The third kappa shape index (κ3) is 4.03. The van der Waals surface area contributed by atoms with Gasteiger partial charge in [0.05, 0.1) is 4.90 Å². The van der Waals surface area contributed by atoms with Gasteiger partial charge in [0.1, 0.15) is 5.82 Å². The first kappa shape index (κ1) is 21.1. The fraction of sp³-hybridized carbons (Fsp3) is 0.545. The third-order valence-corrected chi connectivity index (χ3v) is 8.23. The van der Waals surface area contributed by atoms with E-state index in [1.807, 2.05) is 39.8 Å². The molecular formula is C22H31N5O2S. The highest BCUT2D eigenvalue weighted by Gasteiger charge is 2.31. The Labute approximate surface area is 179 Å². The molecule has 30 heavy (non-hydrogen) atoms. The lowest BCUT2D eigenvalue weighted by molar-refractivity contribution is 0.382. The summed E-state index contributed by atoms with van der Waals surface area (Å²) in [5.74, 6) is 1.69. The zero-order valence-corrected chi connectivity index (χ0v) is 19.2. The van der Waals surface area contributed by atoms with E-state index in [1.165, 1.54) is 12.8 Å². The zero-order chi connectivity index (χ0) is 21.5. The van der Waals surface area contributed by atoms with Gasteiger partial charge in [0.15, 0.2) is 0 Å². The van der Waals surface area contributed by atoms with Gasteiger partial charge in [0.25, 0.3) is 0 Å². The molecule has 1 aromatic carbocycles.